The van der Waals surface area contributed by atoms with E-state index in [1.165, 1.54) is 15.5 Å². The van der Waals surface area contributed by atoms with E-state index in [1.54, 1.807) is 23.5 Å². The number of hydrogen-bond donors (Lipinski definition) is 0. The first-order chi connectivity index (χ1) is 26.4. The molecule has 50 heavy (non-hydrogen) atoms. The van der Waals surface area contributed by atoms with Gasteiger partial charge in [-0.05, 0) is 53.5 Å². The highest BCUT2D eigenvalue weighted by molar-refractivity contribution is 7.25. The minimum atomic E-state index is 0.0772. The first-order valence-corrected chi connectivity index (χ1v) is 17.2. The van der Waals surface area contributed by atoms with E-state index >= 15 is 0 Å². The molecule has 3 aromatic heterocycles. The van der Waals surface area contributed by atoms with E-state index in [1.807, 2.05) is 95.6 Å². The van der Waals surface area contributed by atoms with E-state index in [0.29, 0.717) is 45.0 Å². The van der Waals surface area contributed by atoms with Crippen LogP contribution in [-0.2, 0) is 0 Å². The average molecular weight is 661 g/mol. The fourth-order valence-electron chi connectivity index (χ4n) is 6.72. The Hall–Kier alpha value is -6.43. The van der Waals surface area contributed by atoms with Gasteiger partial charge in [-0.1, -0.05) is 127 Å². The molecule has 0 radical (unpaired) electrons. The maximum Gasteiger partial charge on any atom is 0.164 e. The van der Waals surface area contributed by atoms with Crippen molar-refractivity contribution in [3.05, 3.63) is 170 Å². The van der Waals surface area contributed by atoms with Gasteiger partial charge in [-0.3, -0.25) is 0 Å². The van der Waals surface area contributed by atoms with Crippen LogP contribution in [0.4, 0.5) is 0 Å². The SMILES string of the molecule is [2H]c1cc2c3ccc([2H])c([2H])c3n(-c3ccccc3)c2c([2H])c1-c1cccc(-c2nc(-c3ccccc3)nc(-c3ccc4c(c3)sc3ccccc34)n2)c1. The van der Waals surface area contributed by atoms with Gasteiger partial charge in [0.25, 0.3) is 0 Å². The lowest BCUT2D eigenvalue weighted by atomic mass is 10.0. The zero-order valence-corrected chi connectivity index (χ0v) is 27.4. The molecule has 0 atom stereocenters. The summed E-state index contributed by atoms with van der Waals surface area (Å²) in [6.07, 6.45) is 0. The number of fused-ring (bicyclic) bond motifs is 6. The van der Waals surface area contributed by atoms with Crippen molar-refractivity contribution >= 4 is 53.3 Å². The molecule has 0 aliphatic carbocycles. The number of nitrogens with zero attached hydrogens (tertiary/aromatic N) is 4. The van der Waals surface area contributed by atoms with Crippen LogP contribution < -0.4 is 0 Å². The van der Waals surface area contributed by atoms with Gasteiger partial charge >= 0.3 is 0 Å². The molecule has 0 spiro atoms. The second kappa shape index (κ2) is 11.6. The lowest BCUT2D eigenvalue weighted by Crippen LogP contribution is -2.00. The molecule has 10 aromatic rings. The molecule has 234 valence electrons. The highest BCUT2D eigenvalue weighted by atomic mass is 32.1. The van der Waals surface area contributed by atoms with Crippen molar-refractivity contribution in [2.75, 3.05) is 0 Å². The first kappa shape index (κ1) is 24.7. The van der Waals surface area contributed by atoms with E-state index in [2.05, 4.69) is 42.5 Å². The third kappa shape index (κ3) is 4.79. The van der Waals surface area contributed by atoms with E-state index in [4.69, 9.17) is 17.7 Å². The van der Waals surface area contributed by atoms with E-state index in [0.717, 1.165) is 32.5 Å². The third-order valence-electron chi connectivity index (χ3n) is 9.10. The monoisotopic (exact) mass is 660 g/mol. The molecule has 0 fully saturated rings. The predicted molar refractivity (Wildman–Crippen MR) is 209 cm³/mol. The van der Waals surface area contributed by atoms with Gasteiger partial charge in [-0.25, -0.2) is 15.0 Å². The molecule has 0 amide bonds. The van der Waals surface area contributed by atoms with Crippen molar-refractivity contribution < 1.29 is 5.48 Å². The number of benzene rings is 7. The van der Waals surface area contributed by atoms with Crippen molar-refractivity contribution in [2.24, 2.45) is 0 Å². The van der Waals surface area contributed by atoms with Gasteiger partial charge in [0, 0.05) is 53.3 Å². The summed E-state index contributed by atoms with van der Waals surface area (Å²) < 4.78 is 40.4. The van der Waals surface area contributed by atoms with Gasteiger partial charge in [0.2, 0.25) is 0 Å². The second-order valence-corrected chi connectivity index (χ2v) is 13.2. The summed E-state index contributed by atoms with van der Waals surface area (Å²) in [5.74, 6) is 1.59. The van der Waals surface area contributed by atoms with Gasteiger partial charge in [-0.2, -0.15) is 0 Å². The summed E-state index contributed by atoms with van der Waals surface area (Å²) in [5.41, 5.74) is 5.52. The molecule has 7 aromatic carbocycles. The van der Waals surface area contributed by atoms with Crippen molar-refractivity contribution in [1.29, 1.82) is 0 Å². The lowest BCUT2D eigenvalue weighted by molar-refractivity contribution is 1.07. The quantitative estimate of drug-likeness (QED) is 0.184. The molecular formula is C45H28N4S. The van der Waals surface area contributed by atoms with Crippen molar-refractivity contribution in [1.82, 2.24) is 19.5 Å². The lowest BCUT2D eigenvalue weighted by Gasteiger charge is -2.11. The number of thiophene rings is 1. The minimum absolute atomic E-state index is 0.0772. The van der Waals surface area contributed by atoms with Gasteiger partial charge in [0.1, 0.15) is 0 Å². The van der Waals surface area contributed by atoms with Crippen LogP contribution in [0.2, 0.25) is 0 Å². The van der Waals surface area contributed by atoms with E-state index in [9.17, 15) is 2.74 Å². The standard InChI is InChI=1S/C45H28N4S/c1-3-12-29(13-4-1)43-46-44(48-45(47-43)33-23-25-38-37-19-8-10-21-41(37)50-42(38)28-33)32-15-11-14-30(26-32)31-22-24-36-35-18-7-9-20-39(35)49(40(36)27-31)34-16-5-2-6-17-34/h1-28H/i9D,20D,22D,27D. The zero-order valence-electron chi connectivity index (χ0n) is 30.6. The largest absolute Gasteiger partial charge is 0.309 e. The summed E-state index contributed by atoms with van der Waals surface area (Å²) in [5, 5.41) is 3.86. The Bertz CT molecular complexity index is 3100. The van der Waals surface area contributed by atoms with Crippen LogP contribution in [0.1, 0.15) is 5.48 Å². The molecule has 0 saturated carbocycles. The number of rotatable bonds is 5. The minimum Gasteiger partial charge on any atom is -0.309 e. The Morgan fingerprint density at radius 1 is 0.440 bits per heavy atom. The van der Waals surface area contributed by atoms with E-state index < -0.39 is 0 Å². The summed E-state index contributed by atoms with van der Waals surface area (Å²) in [7, 11) is 0. The van der Waals surface area contributed by atoms with Crippen LogP contribution in [0.3, 0.4) is 0 Å². The summed E-state index contributed by atoms with van der Waals surface area (Å²) >= 11 is 1.75. The molecular weight excluding hydrogens is 629 g/mol. The maximum atomic E-state index is 9.65. The Labute approximate surface area is 298 Å². The Morgan fingerprint density at radius 3 is 1.92 bits per heavy atom. The molecule has 4 nitrogen and oxygen atoms in total. The normalized spacial score (nSPS) is 12.7. The molecule has 0 aliphatic rings. The third-order valence-corrected chi connectivity index (χ3v) is 10.2. The predicted octanol–water partition coefficient (Wildman–Crippen LogP) is 12.0. The maximum absolute atomic E-state index is 9.65. The Kier molecular flexibility index (Phi) is 5.73. The van der Waals surface area contributed by atoms with E-state index in [-0.39, 0.29) is 24.2 Å². The van der Waals surface area contributed by atoms with Crippen LogP contribution in [0.25, 0.3) is 93.0 Å². The molecule has 0 bridgehead atoms. The fourth-order valence-corrected chi connectivity index (χ4v) is 7.87. The van der Waals surface area contributed by atoms with Crippen LogP contribution in [0.15, 0.2) is 170 Å². The van der Waals surface area contributed by atoms with Gasteiger partial charge in [-0.15, -0.1) is 11.3 Å². The number of aromatic nitrogens is 4. The molecule has 0 unspecified atom stereocenters. The molecule has 10 rings (SSSR count). The van der Waals surface area contributed by atoms with Crippen molar-refractivity contribution in [2.45, 2.75) is 0 Å². The highest BCUT2D eigenvalue weighted by Gasteiger charge is 2.16. The number of hydrogen-bond acceptors (Lipinski definition) is 4. The number of para-hydroxylation sites is 2. The topological polar surface area (TPSA) is 43.6 Å². The van der Waals surface area contributed by atoms with Crippen molar-refractivity contribution in [3.8, 4) is 51.0 Å². The van der Waals surface area contributed by atoms with Crippen molar-refractivity contribution in [3.63, 3.8) is 0 Å². The van der Waals surface area contributed by atoms with Crippen LogP contribution in [0.5, 0.6) is 0 Å². The Balaban J connectivity index is 1.16. The van der Waals surface area contributed by atoms with Gasteiger partial charge in [0.15, 0.2) is 17.5 Å². The van der Waals surface area contributed by atoms with Crippen LogP contribution in [0, 0.1) is 0 Å². The summed E-state index contributed by atoms with van der Waals surface area (Å²) in [4.78, 5) is 15.0. The van der Waals surface area contributed by atoms with Crippen LogP contribution >= 0.6 is 11.3 Å². The summed E-state index contributed by atoms with van der Waals surface area (Å²) in [6, 6.07) is 47.7. The van der Waals surface area contributed by atoms with Crippen LogP contribution in [-0.4, -0.2) is 19.5 Å². The molecule has 0 saturated heterocycles. The Morgan fingerprint density at radius 2 is 1.08 bits per heavy atom. The smallest absolute Gasteiger partial charge is 0.164 e. The molecule has 0 aliphatic heterocycles. The fraction of sp³-hybridized carbons (Fsp3) is 0. The average Bonchev–Trinajstić information content (AvgIpc) is 3.76. The van der Waals surface area contributed by atoms with Gasteiger partial charge in [0.05, 0.1) is 16.5 Å². The summed E-state index contributed by atoms with van der Waals surface area (Å²) in [6.45, 7) is 0. The zero-order chi connectivity index (χ0) is 36.5. The van der Waals surface area contributed by atoms with Gasteiger partial charge < -0.3 is 4.57 Å². The second-order valence-electron chi connectivity index (χ2n) is 12.1. The molecule has 5 heteroatoms. The molecule has 3 heterocycles. The first-order valence-electron chi connectivity index (χ1n) is 18.4. The highest BCUT2D eigenvalue weighted by Crippen LogP contribution is 2.38. The molecule has 0 N–H and O–H groups in total.